The lowest BCUT2D eigenvalue weighted by atomic mass is 9.79. The van der Waals surface area contributed by atoms with Crippen LogP contribution in [-0.4, -0.2) is 55.3 Å². The molecule has 7 nitrogen and oxygen atoms in total. The summed E-state index contributed by atoms with van der Waals surface area (Å²) in [4.78, 5) is 17.3. The van der Waals surface area contributed by atoms with E-state index in [0.29, 0.717) is 5.75 Å². The molecule has 7 heteroatoms. The lowest BCUT2D eigenvalue weighted by Crippen LogP contribution is -2.52. The van der Waals surface area contributed by atoms with Crippen LogP contribution in [0.25, 0.3) is 0 Å². The Kier molecular flexibility index (Phi) is 4.48. The standard InChI is InChI=1S/C13H18N2O2.C2H5NO2/c1-13-6-7-14(2)17-12(13)15(3)11-5-4-9(16)8-10(11)13;1-3-2(4)5/h4-5,8,12,16H,6-7H2,1-3H3;3H,1H3,(H,4,5)/t12-,13-;/m0./s1. The molecule has 0 spiro atoms. The Morgan fingerprint density at radius 1 is 1.45 bits per heavy atom. The lowest BCUT2D eigenvalue weighted by molar-refractivity contribution is -0.226. The zero-order valence-corrected chi connectivity index (χ0v) is 13.3. The van der Waals surface area contributed by atoms with Crippen molar-refractivity contribution in [1.82, 2.24) is 10.4 Å². The highest BCUT2D eigenvalue weighted by atomic mass is 16.7. The van der Waals surface area contributed by atoms with Crippen molar-refractivity contribution in [3.8, 4) is 5.75 Å². The molecule has 2 atom stereocenters. The number of phenols is 1. The number of benzene rings is 1. The maximum Gasteiger partial charge on any atom is 0.404 e. The van der Waals surface area contributed by atoms with Crippen LogP contribution in [0.4, 0.5) is 10.5 Å². The first-order valence-corrected chi connectivity index (χ1v) is 7.14. The van der Waals surface area contributed by atoms with Crippen molar-refractivity contribution in [2.75, 3.05) is 32.6 Å². The van der Waals surface area contributed by atoms with Crippen LogP contribution < -0.4 is 10.2 Å². The van der Waals surface area contributed by atoms with E-state index in [1.54, 1.807) is 6.07 Å². The molecule has 2 heterocycles. The second-order valence-corrected chi connectivity index (χ2v) is 5.84. The third-order valence-corrected chi connectivity index (χ3v) is 4.31. The number of hydrogen-bond donors (Lipinski definition) is 3. The zero-order chi connectivity index (χ0) is 16.5. The highest BCUT2D eigenvalue weighted by molar-refractivity contribution is 5.65. The molecule has 1 amide bonds. The van der Waals surface area contributed by atoms with Gasteiger partial charge in [0.2, 0.25) is 0 Å². The average Bonchev–Trinajstić information content (AvgIpc) is 2.69. The SMILES string of the molecule is CN1CC[C@@]2(C)c3cc(O)ccc3N(C)[C@H]2O1.CNC(=O)O. The van der Waals surface area contributed by atoms with E-state index in [4.69, 9.17) is 9.94 Å². The predicted octanol–water partition coefficient (Wildman–Crippen LogP) is 1.58. The van der Waals surface area contributed by atoms with Crippen LogP contribution >= 0.6 is 0 Å². The number of nitrogens with zero attached hydrogens (tertiary/aromatic N) is 2. The lowest BCUT2D eigenvalue weighted by Gasteiger charge is -2.42. The average molecular weight is 309 g/mol. The quantitative estimate of drug-likeness (QED) is 0.674. The number of nitrogens with one attached hydrogen (secondary N) is 1. The van der Waals surface area contributed by atoms with Crippen LogP contribution in [0.2, 0.25) is 0 Å². The van der Waals surface area contributed by atoms with Gasteiger partial charge in [-0.05, 0) is 30.2 Å². The summed E-state index contributed by atoms with van der Waals surface area (Å²) in [5.74, 6) is 0.331. The normalized spacial score (nSPS) is 26.5. The fraction of sp³-hybridized carbons (Fsp3) is 0.533. The van der Waals surface area contributed by atoms with Gasteiger partial charge in [-0.15, -0.1) is 0 Å². The molecule has 3 N–H and O–H groups in total. The van der Waals surface area contributed by atoms with Gasteiger partial charge in [-0.2, -0.15) is 5.06 Å². The molecule has 2 aliphatic rings. The van der Waals surface area contributed by atoms with Crippen molar-refractivity contribution < 1.29 is 19.8 Å². The van der Waals surface area contributed by atoms with Crippen molar-refractivity contribution >= 4 is 11.8 Å². The Morgan fingerprint density at radius 2 is 2.09 bits per heavy atom. The van der Waals surface area contributed by atoms with Crippen LogP contribution in [-0.2, 0) is 10.3 Å². The molecule has 1 aromatic rings. The van der Waals surface area contributed by atoms with Crippen LogP contribution in [0.1, 0.15) is 18.9 Å². The third kappa shape index (κ3) is 2.82. The molecule has 3 rings (SSSR count). The van der Waals surface area contributed by atoms with Crippen molar-refractivity contribution in [2.24, 2.45) is 0 Å². The number of hydrogen-bond acceptors (Lipinski definition) is 5. The molecule has 122 valence electrons. The molecule has 0 radical (unpaired) electrons. The van der Waals surface area contributed by atoms with E-state index in [1.807, 2.05) is 36.6 Å². The highest BCUT2D eigenvalue weighted by Gasteiger charge is 2.50. The van der Waals surface area contributed by atoms with Crippen molar-refractivity contribution in [3.63, 3.8) is 0 Å². The predicted molar refractivity (Wildman–Crippen MR) is 83.1 cm³/mol. The molecule has 22 heavy (non-hydrogen) atoms. The number of rotatable bonds is 0. The van der Waals surface area contributed by atoms with E-state index < -0.39 is 6.09 Å². The summed E-state index contributed by atoms with van der Waals surface area (Å²) in [7, 11) is 5.36. The minimum atomic E-state index is -0.995. The van der Waals surface area contributed by atoms with Crippen molar-refractivity contribution in [3.05, 3.63) is 23.8 Å². The van der Waals surface area contributed by atoms with Gasteiger partial charge in [0, 0.05) is 38.8 Å². The van der Waals surface area contributed by atoms with Crippen molar-refractivity contribution in [1.29, 1.82) is 0 Å². The van der Waals surface area contributed by atoms with Gasteiger partial charge < -0.3 is 20.4 Å². The number of carbonyl (C=O) groups is 1. The van der Waals surface area contributed by atoms with Gasteiger partial charge >= 0.3 is 6.09 Å². The smallest absolute Gasteiger partial charge is 0.404 e. The summed E-state index contributed by atoms with van der Waals surface area (Å²) in [6.45, 7) is 3.13. The van der Waals surface area contributed by atoms with E-state index in [0.717, 1.165) is 18.7 Å². The highest BCUT2D eigenvalue weighted by Crippen LogP contribution is 2.49. The number of aromatic hydroxyl groups is 1. The third-order valence-electron chi connectivity index (χ3n) is 4.31. The Morgan fingerprint density at radius 3 is 2.68 bits per heavy atom. The summed E-state index contributed by atoms with van der Waals surface area (Å²) in [5, 5.41) is 21.1. The van der Waals surface area contributed by atoms with Crippen LogP contribution in [0, 0.1) is 0 Å². The topological polar surface area (TPSA) is 85.3 Å². The van der Waals surface area contributed by atoms with Gasteiger partial charge in [-0.3, -0.25) is 4.84 Å². The van der Waals surface area contributed by atoms with Crippen LogP contribution in [0.5, 0.6) is 5.75 Å². The number of fused-ring (bicyclic) bond motifs is 3. The zero-order valence-electron chi connectivity index (χ0n) is 13.3. The monoisotopic (exact) mass is 309 g/mol. The van der Waals surface area contributed by atoms with E-state index in [2.05, 4.69) is 11.8 Å². The fourth-order valence-electron chi connectivity index (χ4n) is 3.03. The largest absolute Gasteiger partial charge is 0.508 e. The van der Waals surface area contributed by atoms with E-state index in [9.17, 15) is 9.90 Å². The van der Waals surface area contributed by atoms with E-state index >= 15 is 0 Å². The summed E-state index contributed by atoms with van der Waals surface area (Å²) in [6.07, 6.45) is 0.0673. The minimum absolute atomic E-state index is 0.0260. The maximum atomic E-state index is 9.67. The maximum absolute atomic E-state index is 9.67. The second kappa shape index (κ2) is 6.02. The van der Waals surface area contributed by atoms with Gasteiger partial charge in [0.15, 0.2) is 6.23 Å². The molecular formula is C15H23N3O4. The number of amides is 1. The Bertz CT molecular complexity index is 566. The second-order valence-electron chi connectivity index (χ2n) is 5.84. The summed E-state index contributed by atoms with van der Waals surface area (Å²) >= 11 is 0. The van der Waals surface area contributed by atoms with E-state index in [1.165, 1.54) is 12.6 Å². The van der Waals surface area contributed by atoms with Gasteiger partial charge in [0.25, 0.3) is 0 Å². The summed E-state index contributed by atoms with van der Waals surface area (Å²) < 4.78 is 0. The van der Waals surface area contributed by atoms with Gasteiger partial charge in [-0.25, -0.2) is 4.79 Å². The molecule has 2 aliphatic heterocycles. The summed E-state index contributed by atoms with van der Waals surface area (Å²) in [5.41, 5.74) is 2.32. The van der Waals surface area contributed by atoms with Crippen LogP contribution in [0.3, 0.4) is 0 Å². The molecule has 0 unspecified atom stereocenters. The molecule has 1 fully saturated rings. The molecule has 0 aliphatic carbocycles. The molecule has 1 saturated heterocycles. The Hall–Kier alpha value is -1.99. The molecule has 0 saturated carbocycles. The number of likely N-dealkylation sites (N-methyl/N-ethyl adjacent to an activating group) is 1. The fourth-order valence-corrected chi connectivity index (χ4v) is 3.03. The molecule has 0 aromatic heterocycles. The molecule has 1 aromatic carbocycles. The minimum Gasteiger partial charge on any atom is -0.508 e. The van der Waals surface area contributed by atoms with E-state index in [-0.39, 0.29) is 11.6 Å². The van der Waals surface area contributed by atoms with Gasteiger partial charge in [0.1, 0.15) is 5.75 Å². The van der Waals surface area contributed by atoms with Gasteiger partial charge in [0.05, 0.1) is 0 Å². The summed E-state index contributed by atoms with van der Waals surface area (Å²) in [6, 6.07) is 5.58. The Labute approximate surface area is 130 Å². The Balaban J connectivity index is 0.000000309. The van der Waals surface area contributed by atoms with Gasteiger partial charge in [-0.1, -0.05) is 6.92 Å². The first-order valence-electron chi connectivity index (χ1n) is 7.14. The number of hydroxylamine groups is 2. The van der Waals surface area contributed by atoms with Crippen LogP contribution in [0.15, 0.2) is 18.2 Å². The molecular weight excluding hydrogens is 286 g/mol. The van der Waals surface area contributed by atoms with Crippen molar-refractivity contribution in [2.45, 2.75) is 25.0 Å². The molecule has 0 bridgehead atoms. The number of phenolic OH excluding ortho intramolecular Hbond substituents is 1. The number of anilines is 1. The first kappa shape index (κ1) is 16.4. The first-order chi connectivity index (χ1) is 10.3. The number of carboxylic acid groups (broad SMARTS) is 1.